The minimum Gasteiger partial charge on any atom is -0.497 e. The third kappa shape index (κ3) is 3.61. The number of hydrogen-bond donors (Lipinski definition) is 0. The number of amides is 1. The summed E-state index contributed by atoms with van der Waals surface area (Å²) in [5.41, 5.74) is 2.97. The number of thioether (sulfide) groups is 1. The molecule has 1 saturated heterocycles. The topological polar surface area (TPSA) is 38.8 Å². The Morgan fingerprint density at radius 1 is 1.16 bits per heavy atom. The van der Waals surface area contributed by atoms with Crippen molar-refractivity contribution in [2.75, 3.05) is 26.5 Å². The number of ether oxygens (including phenoxy) is 2. The number of nitrogens with zero attached hydrogens (tertiary/aromatic N) is 1. The second-order valence-corrected chi connectivity index (χ2v) is 7.07. The summed E-state index contributed by atoms with van der Waals surface area (Å²) in [7, 11) is 3.28. The van der Waals surface area contributed by atoms with Crippen LogP contribution in [0.3, 0.4) is 0 Å². The average molecular weight is 357 g/mol. The molecule has 0 spiro atoms. The van der Waals surface area contributed by atoms with Gasteiger partial charge in [-0.25, -0.2) is 0 Å². The highest BCUT2D eigenvalue weighted by Crippen LogP contribution is 2.43. The SMILES string of the molecule is CCc1ccc(C(=O)N2CCS[C@H]2c2ccc(OC)cc2OC)cc1. The van der Waals surface area contributed by atoms with E-state index in [0.29, 0.717) is 0 Å². The standard InChI is InChI=1S/C20H23NO3S/c1-4-14-5-7-15(8-6-14)19(22)21-11-12-25-20(21)17-10-9-16(23-2)13-18(17)24-3/h5-10,13,20H,4,11-12H2,1-3H3/t20-/m0/s1. The minimum absolute atomic E-state index is 0.0424. The lowest BCUT2D eigenvalue weighted by Gasteiger charge is -2.26. The highest BCUT2D eigenvalue weighted by Gasteiger charge is 2.33. The van der Waals surface area contributed by atoms with Gasteiger partial charge in [0, 0.05) is 29.5 Å². The molecule has 0 N–H and O–H groups in total. The Hall–Kier alpha value is -2.14. The summed E-state index contributed by atoms with van der Waals surface area (Å²) >= 11 is 1.76. The third-order valence-corrected chi connectivity index (χ3v) is 5.71. The van der Waals surface area contributed by atoms with Crippen molar-refractivity contribution in [2.45, 2.75) is 18.7 Å². The smallest absolute Gasteiger partial charge is 0.255 e. The Kier molecular flexibility index (Phi) is 5.53. The maximum Gasteiger partial charge on any atom is 0.255 e. The maximum absolute atomic E-state index is 13.0. The number of rotatable bonds is 5. The van der Waals surface area contributed by atoms with E-state index < -0.39 is 0 Å². The van der Waals surface area contributed by atoms with Gasteiger partial charge in [-0.05, 0) is 36.2 Å². The lowest BCUT2D eigenvalue weighted by molar-refractivity contribution is 0.0759. The first-order valence-corrected chi connectivity index (χ1v) is 9.46. The lowest BCUT2D eigenvalue weighted by Crippen LogP contribution is -2.30. The largest absolute Gasteiger partial charge is 0.497 e. The van der Waals surface area contributed by atoms with E-state index in [1.165, 1.54) is 5.56 Å². The van der Waals surface area contributed by atoms with Gasteiger partial charge in [-0.3, -0.25) is 4.79 Å². The Labute approximate surface area is 153 Å². The highest BCUT2D eigenvalue weighted by atomic mass is 32.2. The molecule has 5 heteroatoms. The molecule has 2 aromatic carbocycles. The van der Waals surface area contributed by atoms with Gasteiger partial charge in [0.25, 0.3) is 5.91 Å². The van der Waals surface area contributed by atoms with Gasteiger partial charge < -0.3 is 14.4 Å². The molecule has 132 valence electrons. The van der Waals surface area contributed by atoms with Crippen molar-refractivity contribution in [3.05, 3.63) is 59.2 Å². The summed E-state index contributed by atoms with van der Waals surface area (Å²) in [5.74, 6) is 2.48. The van der Waals surface area contributed by atoms with Crippen LogP contribution in [0.5, 0.6) is 11.5 Å². The van der Waals surface area contributed by atoms with Crippen LogP contribution in [0.2, 0.25) is 0 Å². The second-order valence-electron chi connectivity index (χ2n) is 5.88. The third-order valence-electron chi connectivity index (χ3n) is 4.47. The number of carbonyl (C=O) groups is 1. The number of methoxy groups -OCH3 is 2. The average Bonchev–Trinajstić information content (AvgIpc) is 3.16. The molecule has 1 fully saturated rings. The zero-order valence-electron chi connectivity index (χ0n) is 14.8. The van der Waals surface area contributed by atoms with Gasteiger partial charge in [0.15, 0.2) is 0 Å². The van der Waals surface area contributed by atoms with Crippen LogP contribution in [0.1, 0.15) is 33.8 Å². The van der Waals surface area contributed by atoms with Crippen molar-refractivity contribution in [1.29, 1.82) is 0 Å². The molecule has 0 unspecified atom stereocenters. The van der Waals surface area contributed by atoms with E-state index in [-0.39, 0.29) is 11.3 Å². The molecule has 0 aliphatic carbocycles. The first-order chi connectivity index (χ1) is 12.2. The summed E-state index contributed by atoms with van der Waals surface area (Å²) in [5, 5.41) is -0.0424. The molecule has 1 heterocycles. The summed E-state index contributed by atoms with van der Waals surface area (Å²) in [6.07, 6.45) is 0.972. The lowest BCUT2D eigenvalue weighted by atomic mass is 10.1. The van der Waals surface area contributed by atoms with Crippen molar-refractivity contribution in [3.8, 4) is 11.5 Å². The van der Waals surface area contributed by atoms with Gasteiger partial charge in [0.05, 0.1) is 14.2 Å². The van der Waals surface area contributed by atoms with Crippen molar-refractivity contribution in [2.24, 2.45) is 0 Å². The van der Waals surface area contributed by atoms with E-state index >= 15 is 0 Å². The van der Waals surface area contributed by atoms with Crippen LogP contribution in [0.15, 0.2) is 42.5 Å². The molecular weight excluding hydrogens is 334 g/mol. The molecule has 0 radical (unpaired) electrons. The van der Waals surface area contributed by atoms with E-state index in [2.05, 4.69) is 6.92 Å². The fourth-order valence-corrected chi connectivity index (χ4v) is 4.29. The maximum atomic E-state index is 13.0. The second kappa shape index (κ2) is 7.83. The highest BCUT2D eigenvalue weighted by molar-refractivity contribution is 7.99. The molecule has 0 saturated carbocycles. The zero-order chi connectivity index (χ0) is 17.8. The fraction of sp³-hybridized carbons (Fsp3) is 0.350. The molecule has 3 rings (SSSR count). The monoisotopic (exact) mass is 357 g/mol. The predicted molar refractivity (Wildman–Crippen MR) is 102 cm³/mol. The van der Waals surface area contributed by atoms with Gasteiger partial charge in [-0.2, -0.15) is 0 Å². The number of hydrogen-bond acceptors (Lipinski definition) is 4. The van der Waals surface area contributed by atoms with Crippen LogP contribution >= 0.6 is 11.8 Å². The van der Waals surface area contributed by atoms with Gasteiger partial charge in [-0.1, -0.05) is 19.1 Å². The Bertz CT molecular complexity index is 745. The molecule has 0 bridgehead atoms. The van der Waals surface area contributed by atoms with Crippen LogP contribution in [-0.2, 0) is 6.42 Å². The summed E-state index contributed by atoms with van der Waals surface area (Å²) < 4.78 is 10.8. The molecule has 4 nitrogen and oxygen atoms in total. The zero-order valence-corrected chi connectivity index (χ0v) is 15.6. The van der Waals surface area contributed by atoms with Gasteiger partial charge in [-0.15, -0.1) is 11.8 Å². The number of benzene rings is 2. The Morgan fingerprint density at radius 3 is 2.56 bits per heavy atom. The fourth-order valence-electron chi connectivity index (χ4n) is 3.01. The van der Waals surface area contributed by atoms with Crippen LogP contribution in [0, 0.1) is 0 Å². The molecule has 0 aromatic heterocycles. The first-order valence-electron chi connectivity index (χ1n) is 8.41. The van der Waals surface area contributed by atoms with Gasteiger partial charge >= 0.3 is 0 Å². The first kappa shape index (κ1) is 17.7. The van der Waals surface area contributed by atoms with E-state index in [9.17, 15) is 4.79 Å². The number of carbonyl (C=O) groups excluding carboxylic acids is 1. The Morgan fingerprint density at radius 2 is 1.92 bits per heavy atom. The summed E-state index contributed by atoms with van der Waals surface area (Å²) in [6.45, 7) is 2.85. The van der Waals surface area contributed by atoms with Crippen LogP contribution in [0.25, 0.3) is 0 Å². The van der Waals surface area contributed by atoms with Crippen molar-refractivity contribution in [3.63, 3.8) is 0 Å². The van der Waals surface area contributed by atoms with E-state index in [4.69, 9.17) is 9.47 Å². The van der Waals surface area contributed by atoms with Crippen molar-refractivity contribution >= 4 is 17.7 Å². The normalized spacial score (nSPS) is 16.8. The molecule has 1 atom stereocenters. The van der Waals surface area contributed by atoms with Crippen LogP contribution < -0.4 is 9.47 Å². The summed E-state index contributed by atoms with van der Waals surface area (Å²) in [4.78, 5) is 14.9. The van der Waals surface area contributed by atoms with E-state index in [1.54, 1.807) is 26.0 Å². The molecule has 1 aliphatic heterocycles. The Balaban J connectivity index is 1.88. The molecule has 25 heavy (non-hydrogen) atoms. The minimum atomic E-state index is -0.0424. The quantitative estimate of drug-likeness (QED) is 0.806. The molecule has 2 aromatic rings. The molecule has 1 aliphatic rings. The van der Waals surface area contributed by atoms with Crippen LogP contribution in [-0.4, -0.2) is 37.3 Å². The molecular formula is C20H23NO3S. The number of aryl methyl sites for hydroxylation is 1. The van der Waals surface area contributed by atoms with E-state index in [1.807, 2.05) is 47.4 Å². The van der Waals surface area contributed by atoms with Crippen molar-refractivity contribution in [1.82, 2.24) is 4.90 Å². The molecule has 1 amide bonds. The predicted octanol–water partition coefficient (Wildman–Crippen LogP) is 4.15. The van der Waals surface area contributed by atoms with E-state index in [0.717, 1.165) is 41.3 Å². The van der Waals surface area contributed by atoms with Gasteiger partial charge in [0.2, 0.25) is 0 Å². The van der Waals surface area contributed by atoms with Gasteiger partial charge in [0.1, 0.15) is 16.9 Å². The van der Waals surface area contributed by atoms with Crippen molar-refractivity contribution < 1.29 is 14.3 Å². The van der Waals surface area contributed by atoms with Crippen LogP contribution in [0.4, 0.5) is 0 Å². The summed E-state index contributed by atoms with van der Waals surface area (Å²) in [6, 6.07) is 13.7.